The first-order chi connectivity index (χ1) is 9.42. The molecule has 1 amide bonds. The lowest BCUT2D eigenvalue weighted by Gasteiger charge is -2.14. The molecule has 10 heteroatoms. The van der Waals surface area contributed by atoms with Gasteiger partial charge >= 0.3 is 5.97 Å². The first kappa shape index (κ1) is 14.5. The lowest BCUT2D eigenvalue weighted by atomic mass is 10.1. The zero-order valence-electron chi connectivity index (χ0n) is 10.4. The van der Waals surface area contributed by atoms with Crippen molar-refractivity contribution in [2.75, 3.05) is 6.54 Å². The maximum absolute atomic E-state index is 12.1. The fourth-order valence-electron chi connectivity index (χ4n) is 1.93. The molecule has 1 atom stereocenters. The Hall–Kier alpha value is -1.94. The largest absolute Gasteiger partial charge is 0.478 e. The van der Waals surface area contributed by atoms with E-state index in [4.69, 9.17) is 5.11 Å². The Morgan fingerprint density at radius 2 is 2.20 bits per heavy atom. The summed E-state index contributed by atoms with van der Waals surface area (Å²) in [5.41, 5.74) is -0.466. The summed E-state index contributed by atoms with van der Waals surface area (Å²) in [4.78, 5) is 22.6. The maximum atomic E-state index is 12.1. The van der Waals surface area contributed by atoms with Crippen molar-refractivity contribution < 1.29 is 23.1 Å². The van der Waals surface area contributed by atoms with Gasteiger partial charge in [0.1, 0.15) is 11.6 Å². The van der Waals surface area contributed by atoms with Crippen molar-refractivity contribution in [3.8, 4) is 0 Å². The number of carboxylic acids is 1. The summed E-state index contributed by atoms with van der Waals surface area (Å²) in [6, 6.07) is -0.910. The predicted molar refractivity (Wildman–Crippen MR) is 66.5 cm³/mol. The molecule has 110 valence electrons. The quantitative estimate of drug-likeness (QED) is 0.565. The highest BCUT2D eigenvalue weighted by atomic mass is 32.2. The van der Waals surface area contributed by atoms with Gasteiger partial charge in [-0.3, -0.25) is 9.89 Å². The van der Waals surface area contributed by atoms with Gasteiger partial charge in [0.15, 0.2) is 5.03 Å². The number of amides is 1. The van der Waals surface area contributed by atoms with Gasteiger partial charge in [0.25, 0.3) is 10.0 Å². The molecule has 0 aliphatic carbocycles. The molecular formula is C10H14N4O5S. The fraction of sp³-hybridized carbons (Fsp3) is 0.500. The standard InChI is InChI=1S/C10H14N4O5S/c15-8-7(3-1-2-4-11-8)14-20(18,19)9-6(10(16)17)5-12-13-9/h5,7,14H,1-4H2,(H,11,15)(H,12,13)(H,16,17). The van der Waals surface area contributed by atoms with Crippen molar-refractivity contribution in [1.82, 2.24) is 20.2 Å². The van der Waals surface area contributed by atoms with Crippen LogP contribution in [0, 0.1) is 0 Å². The predicted octanol–water partition coefficient (Wildman–Crippen LogP) is -0.945. The number of carbonyl (C=O) groups excluding carboxylic acids is 1. The van der Waals surface area contributed by atoms with E-state index in [-0.39, 0.29) is 0 Å². The van der Waals surface area contributed by atoms with E-state index in [1.54, 1.807) is 0 Å². The van der Waals surface area contributed by atoms with Gasteiger partial charge in [0.2, 0.25) is 5.91 Å². The number of carboxylic acid groups (broad SMARTS) is 1. The van der Waals surface area contributed by atoms with Gasteiger partial charge in [-0.05, 0) is 19.3 Å². The second kappa shape index (κ2) is 5.59. The first-order valence-electron chi connectivity index (χ1n) is 5.98. The number of nitrogens with one attached hydrogen (secondary N) is 3. The summed E-state index contributed by atoms with van der Waals surface area (Å²) >= 11 is 0. The molecule has 0 bridgehead atoms. The summed E-state index contributed by atoms with van der Waals surface area (Å²) in [5.74, 6) is -1.83. The third kappa shape index (κ3) is 2.96. The molecule has 2 rings (SSSR count). The first-order valence-corrected chi connectivity index (χ1v) is 7.47. The highest BCUT2D eigenvalue weighted by molar-refractivity contribution is 7.89. The molecule has 4 N–H and O–H groups in total. The van der Waals surface area contributed by atoms with Gasteiger partial charge < -0.3 is 10.4 Å². The lowest BCUT2D eigenvalue weighted by Crippen LogP contribution is -2.45. The Labute approximate surface area is 114 Å². The summed E-state index contributed by atoms with van der Waals surface area (Å²) < 4.78 is 26.4. The van der Waals surface area contributed by atoms with Gasteiger partial charge in [-0.1, -0.05) is 0 Å². The van der Waals surface area contributed by atoms with E-state index in [1.165, 1.54) is 0 Å². The maximum Gasteiger partial charge on any atom is 0.340 e. The number of aromatic nitrogens is 2. The minimum Gasteiger partial charge on any atom is -0.478 e. The molecule has 1 aromatic rings. The van der Waals surface area contributed by atoms with Crippen LogP contribution in [0.3, 0.4) is 0 Å². The SMILES string of the molecule is O=C(O)c1cn[nH]c1S(=O)(=O)NC1CCCCNC1=O. The minimum absolute atomic E-state index is 0.363. The number of hydrogen-bond donors (Lipinski definition) is 4. The topological polar surface area (TPSA) is 141 Å². The average molecular weight is 302 g/mol. The van der Waals surface area contributed by atoms with E-state index >= 15 is 0 Å². The molecule has 0 spiro atoms. The smallest absolute Gasteiger partial charge is 0.340 e. The molecule has 2 heterocycles. The second-order valence-electron chi connectivity index (χ2n) is 4.38. The van der Waals surface area contributed by atoms with E-state index < -0.39 is 38.5 Å². The van der Waals surface area contributed by atoms with Crippen LogP contribution in [0.4, 0.5) is 0 Å². The Kier molecular flexibility index (Phi) is 4.04. The van der Waals surface area contributed by atoms with Gasteiger partial charge in [0, 0.05) is 6.54 Å². The molecule has 1 aliphatic rings. The van der Waals surface area contributed by atoms with Crippen molar-refractivity contribution in [3.63, 3.8) is 0 Å². The number of sulfonamides is 1. The molecular weight excluding hydrogens is 288 g/mol. The third-order valence-electron chi connectivity index (χ3n) is 2.94. The van der Waals surface area contributed by atoms with Gasteiger partial charge in [0.05, 0.1) is 6.20 Å². The van der Waals surface area contributed by atoms with E-state index in [9.17, 15) is 18.0 Å². The lowest BCUT2D eigenvalue weighted by molar-refractivity contribution is -0.122. The van der Waals surface area contributed by atoms with E-state index in [0.29, 0.717) is 19.4 Å². The third-order valence-corrected chi connectivity index (χ3v) is 4.38. The molecule has 1 aliphatic heterocycles. The molecule has 20 heavy (non-hydrogen) atoms. The summed E-state index contributed by atoms with van der Waals surface area (Å²) in [7, 11) is -4.15. The highest BCUT2D eigenvalue weighted by Crippen LogP contribution is 2.14. The average Bonchev–Trinajstić information content (AvgIpc) is 2.79. The molecule has 1 saturated heterocycles. The van der Waals surface area contributed by atoms with Crippen molar-refractivity contribution in [2.45, 2.75) is 30.3 Å². The van der Waals surface area contributed by atoms with Crippen molar-refractivity contribution in [1.29, 1.82) is 0 Å². The minimum atomic E-state index is -4.15. The number of rotatable bonds is 4. The van der Waals surface area contributed by atoms with Crippen molar-refractivity contribution >= 4 is 21.9 Å². The van der Waals surface area contributed by atoms with Gasteiger partial charge in [-0.25, -0.2) is 13.2 Å². The van der Waals surface area contributed by atoms with E-state index in [2.05, 4.69) is 20.2 Å². The molecule has 1 unspecified atom stereocenters. The van der Waals surface area contributed by atoms with Crippen LogP contribution in [0.1, 0.15) is 29.6 Å². The van der Waals surface area contributed by atoms with Crippen LogP contribution >= 0.6 is 0 Å². The van der Waals surface area contributed by atoms with Crippen molar-refractivity contribution in [3.05, 3.63) is 11.8 Å². The molecule has 1 fully saturated rings. The van der Waals surface area contributed by atoms with Crippen LogP contribution in [-0.4, -0.2) is 48.2 Å². The Morgan fingerprint density at radius 3 is 2.90 bits per heavy atom. The molecule has 0 saturated carbocycles. The Morgan fingerprint density at radius 1 is 1.45 bits per heavy atom. The van der Waals surface area contributed by atoms with Crippen LogP contribution in [0.2, 0.25) is 0 Å². The molecule has 9 nitrogen and oxygen atoms in total. The second-order valence-corrected chi connectivity index (χ2v) is 6.03. The fourth-order valence-corrected chi connectivity index (χ4v) is 3.25. The Bertz CT molecular complexity index is 623. The van der Waals surface area contributed by atoms with Crippen LogP contribution in [0.5, 0.6) is 0 Å². The summed E-state index contributed by atoms with van der Waals surface area (Å²) in [6.45, 7) is 0.501. The van der Waals surface area contributed by atoms with E-state index in [0.717, 1.165) is 12.6 Å². The van der Waals surface area contributed by atoms with E-state index in [1.807, 2.05) is 0 Å². The molecule has 1 aromatic heterocycles. The highest BCUT2D eigenvalue weighted by Gasteiger charge is 2.30. The number of hydrogen-bond acceptors (Lipinski definition) is 5. The summed E-state index contributed by atoms with van der Waals surface area (Å²) in [5, 5.41) is 16.5. The summed E-state index contributed by atoms with van der Waals surface area (Å²) in [6.07, 6.45) is 2.74. The van der Waals surface area contributed by atoms with Crippen LogP contribution in [-0.2, 0) is 14.8 Å². The van der Waals surface area contributed by atoms with Gasteiger partial charge in [-0.2, -0.15) is 9.82 Å². The number of aromatic amines is 1. The zero-order valence-corrected chi connectivity index (χ0v) is 11.2. The number of aromatic carboxylic acids is 1. The number of carbonyl (C=O) groups is 2. The van der Waals surface area contributed by atoms with Crippen LogP contribution < -0.4 is 10.0 Å². The number of H-pyrrole nitrogens is 1. The zero-order chi connectivity index (χ0) is 14.8. The number of nitrogens with zero attached hydrogens (tertiary/aromatic N) is 1. The van der Waals surface area contributed by atoms with Crippen LogP contribution in [0.25, 0.3) is 0 Å². The van der Waals surface area contributed by atoms with Crippen molar-refractivity contribution in [2.24, 2.45) is 0 Å². The van der Waals surface area contributed by atoms with Gasteiger partial charge in [-0.15, -0.1) is 0 Å². The monoisotopic (exact) mass is 302 g/mol. The molecule has 0 radical (unpaired) electrons. The molecule has 0 aromatic carbocycles. The van der Waals surface area contributed by atoms with Crippen LogP contribution in [0.15, 0.2) is 11.2 Å². The Balaban J connectivity index is 2.24. The normalized spacial score (nSPS) is 20.2.